The number of rotatable bonds is 4. The number of hydrogen-bond donors (Lipinski definition) is 2. The highest BCUT2D eigenvalue weighted by Crippen LogP contribution is 2.34. The van der Waals surface area contributed by atoms with Crippen LogP contribution in [0.1, 0.15) is 47.0 Å². The van der Waals surface area contributed by atoms with E-state index < -0.39 is 29.6 Å². The first-order valence-corrected chi connectivity index (χ1v) is 6.84. The minimum Gasteiger partial charge on any atom is -0.302 e. The van der Waals surface area contributed by atoms with Gasteiger partial charge in [-0.2, -0.15) is 13.2 Å². The second-order valence-corrected chi connectivity index (χ2v) is 6.06. The van der Waals surface area contributed by atoms with Gasteiger partial charge in [0.05, 0.1) is 11.5 Å². The van der Waals surface area contributed by atoms with Gasteiger partial charge in [-0.3, -0.25) is 9.63 Å². The maximum Gasteiger partial charge on any atom is 0.403 e. The molecule has 0 aliphatic carbocycles. The Morgan fingerprint density at radius 2 is 1.80 bits per heavy atom. The van der Waals surface area contributed by atoms with Crippen LogP contribution in [0.4, 0.5) is 13.2 Å². The van der Waals surface area contributed by atoms with Crippen molar-refractivity contribution in [3.63, 3.8) is 0 Å². The van der Waals surface area contributed by atoms with Crippen molar-refractivity contribution in [1.82, 2.24) is 10.8 Å². The van der Waals surface area contributed by atoms with Crippen molar-refractivity contribution >= 4 is 5.91 Å². The Bertz CT molecular complexity index is 343. The van der Waals surface area contributed by atoms with Crippen LogP contribution in [0.15, 0.2) is 0 Å². The molecule has 2 N–H and O–H groups in total. The van der Waals surface area contributed by atoms with Gasteiger partial charge in [0.15, 0.2) is 0 Å². The number of hydrogen-bond acceptors (Lipinski definition) is 3. The maximum absolute atomic E-state index is 12.8. The summed E-state index contributed by atoms with van der Waals surface area (Å²) in [6.45, 7) is 6.77. The molecule has 1 aliphatic rings. The van der Waals surface area contributed by atoms with Gasteiger partial charge in [-0.15, -0.1) is 0 Å². The zero-order valence-corrected chi connectivity index (χ0v) is 12.3. The number of hydroxylamine groups is 1. The van der Waals surface area contributed by atoms with E-state index >= 15 is 0 Å². The zero-order valence-electron chi connectivity index (χ0n) is 12.3. The van der Waals surface area contributed by atoms with Gasteiger partial charge in [-0.1, -0.05) is 0 Å². The lowest BCUT2D eigenvalue weighted by molar-refractivity contribution is -0.169. The average Bonchev–Trinajstić information content (AvgIpc) is 2.34. The van der Waals surface area contributed by atoms with Crippen LogP contribution in [0.5, 0.6) is 0 Å². The van der Waals surface area contributed by atoms with E-state index in [1.54, 1.807) is 27.7 Å². The summed E-state index contributed by atoms with van der Waals surface area (Å²) in [5, 5.41) is 2.56. The minimum atomic E-state index is -4.28. The number of carbonyl (C=O) groups is 1. The Morgan fingerprint density at radius 1 is 1.25 bits per heavy atom. The molecular weight excluding hydrogens is 273 g/mol. The van der Waals surface area contributed by atoms with Crippen LogP contribution in [0.2, 0.25) is 0 Å². The lowest BCUT2D eigenvalue weighted by atomic mass is 9.78. The molecule has 0 aromatic carbocycles. The molecule has 0 spiro atoms. The summed E-state index contributed by atoms with van der Waals surface area (Å²) in [4.78, 5) is 17.1. The predicted octanol–water partition coefficient (Wildman–Crippen LogP) is 2.54. The molecule has 0 unspecified atom stereocenters. The summed E-state index contributed by atoms with van der Waals surface area (Å²) >= 11 is 0. The summed E-state index contributed by atoms with van der Waals surface area (Å²) in [7, 11) is 0. The van der Waals surface area contributed by atoms with Gasteiger partial charge in [0, 0.05) is 6.04 Å². The maximum atomic E-state index is 12.8. The van der Waals surface area contributed by atoms with Crippen LogP contribution in [0.3, 0.4) is 0 Å². The molecule has 0 aromatic rings. The highest BCUT2D eigenvalue weighted by atomic mass is 19.4. The topological polar surface area (TPSA) is 50.4 Å². The molecule has 0 radical (unpaired) electrons. The third-order valence-corrected chi connectivity index (χ3v) is 3.63. The quantitative estimate of drug-likeness (QED) is 0.784. The van der Waals surface area contributed by atoms with Crippen molar-refractivity contribution in [3.05, 3.63) is 0 Å². The van der Waals surface area contributed by atoms with E-state index in [0.717, 1.165) is 0 Å². The fourth-order valence-corrected chi connectivity index (χ4v) is 2.22. The number of alkyl halides is 3. The van der Waals surface area contributed by atoms with E-state index in [1.807, 2.05) is 0 Å². The summed E-state index contributed by atoms with van der Waals surface area (Å²) in [5.74, 6) is -0.411. The summed E-state index contributed by atoms with van der Waals surface area (Å²) in [6.07, 6.45) is -3.42. The minimum absolute atomic E-state index is 0.0557. The number of carbonyl (C=O) groups excluding carboxylic acids is 1. The molecule has 0 saturated carbocycles. The SMILES string of the molecule is CC(C)ONC(=O)C(C)(C)[C@@H]1CCC[C@H](C(F)(F)F)N1. The molecule has 20 heavy (non-hydrogen) atoms. The van der Waals surface area contributed by atoms with Gasteiger partial charge in [-0.25, -0.2) is 5.48 Å². The van der Waals surface area contributed by atoms with Crippen LogP contribution in [0, 0.1) is 5.41 Å². The van der Waals surface area contributed by atoms with E-state index in [9.17, 15) is 18.0 Å². The van der Waals surface area contributed by atoms with Gasteiger partial charge >= 0.3 is 6.18 Å². The van der Waals surface area contributed by atoms with Crippen molar-refractivity contribution in [1.29, 1.82) is 0 Å². The second kappa shape index (κ2) is 6.30. The van der Waals surface area contributed by atoms with Gasteiger partial charge < -0.3 is 5.32 Å². The lowest BCUT2D eigenvalue weighted by Crippen LogP contribution is -2.58. The predicted molar refractivity (Wildman–Crippen MR) is 68.8 cm³/mol. The van der Waals surface area contributed by atoms with Gasteiger partial charge in [0.25, 0.3) is 5.91 Å². The number of nitrogens with one attached hydrogen (secondary N) is 2. The van der Waals surface area contributed by atoms with Crippen molar-refractivity contribution in [2.24, 2.45) is 5.41 Å². The normalized spacial score (nSPS) is 24.8. The first-order valence-electron chi connectivity index (χ1n) is 6.84. The van der Waals surface area contributed by atoms with Crippen LogP contribution in [-0.2, 0) is 9.63 Å². The molecule has 1 saturated heterocycles. The summed E-state index contributed by atoms with van der Waals surface area (Å²) in [5.41, 5.74) is 1.34. The molecule has 2 atom stereocenters. The Balaban J connectivity index is 2.68. The third-order valence-electron chi connectivity index (χ3n) is 3.63. The molecular formula is C13H23F3N2O2. The van der Waals surface area contributed by atoms with E-state index in [0.29, 0.717) is 12.8 Å². The molecule has 1 fully saturated rings. The molecule has 1 heterocycles. The Hall–Kier alpha value is -0.820. The highest BCUT2D eigenvalue weighted by molar-refractivity contribution is 5.81. The van der Waals surface area contributed by atoms with Crippen LogP contribution in [0.25, 0.3) is 0 Å². The monoisotopic (exact) mass is 296 g/mol. The lowest BCUT2D eigenvalue weighted by Gasteiger charge is -2.40. The van der Waals surface area contributed by atoms with Crippen molar-refractivity contribution in [2.75, 3.05) is 0 Å². The van der Waals surface area contributed by atoms with Crippen molar-refractivity contribution < 1.29 is 22.8 Å². The average molecular weight is 296 g/mol. The van der Waals surface area contributed by atoms with Crippen LogP contribution >= 0.6 is 0 Å². The molecule has 1 aliphatic heterocycles. The Morgan fingerprint density at radius 3 is 2.30 bits per heavy atom. The van der Waals surface area contributed by atoms with E-state index in [2.05, 4.69) is 10.8 Å². The summed E-state index contributed by atoms with van der Waals surface area (Å²) in [6, 6.07) is -2.07. The number of halogens is 3. The third kappa shape index (κ3) is 4.34. The van der Waals surface area contributed by atoms with Gasteiger partial charge in [0.2, 0.25) is 0 Å². The fraction of sp³-hybridized carbons (Fsp3) is 0.923. The molecule has 1 amide bonds. The Labute approximate surface area is 117 Å². The van der Waals surface area contributed by atoms with Crippen LogP contribution < -0.4 is 10.8 Å². The van der Waals surface area contributed by atoms with E-state index in [-0.39, 0.29) is 12.5 Å². The smallest absolute Gasteiger partial charge is 0.302 e. The van der Waals surface area contributed by atoms with E-state index in [1.165, 1.54) is 0 Å². The van der Waals surface area contributed by atoms with Gasteiger partial charge in [0.1, 0.15) is 6.04 Å². The molecule has 0 aromatic heterocycles. The highest BCUT2D eigenvalue weighted by Gasteiger charge is 2.47. The number of amides is 1. The molecule has 1 rings (SSSR count). The molecule has 4 nitrogen and oxygen atoms in total. The first kappa shape index (κ1) is 17.2. The molecule has 118 valence electrons. The number of piperidine rings is 1. The molecule has 0 bridgehead atoms. The fourth-order valence-electron chi connectivity index (χ4n) is 2.22. The van der Waals surface area contributed by atoms with Crippen molar-refractivity contribution in [3.8, 4) is 0 Å². The Kier molecular flexibility index (Phi) is 5.43. The first-order chi connectivity index (χ1) is 9.05. The summed E-state index contributed by atoms with van der Waals surface area (Å²) < 4.78 is 38.3. The largest absolute Gasteiger partial charge is 0.403 e. The zero-order chi connectivity index (χ0) is 15.6. The standard InChI is InChI=1S/C13H23F3N2O2/c1-8(2)20-18-11(19)12(3,4)9-6-5-7-10(17-9)13(14,15)16/h8-10,17H,5-7H2,1-4H3,(H,18,19)/t9-,10+/m0/s1. The second-order valence-electron chi connectivity index (χ2n) is 6.06. The van der Waals surface area contributed by atoms with Crippen molar-refractivity contribution in [2.45, 2.75) is 71.3 Å². The molecule has 7 heteroatoms. The van der Waals surface area contributed by atoms with Crippen LogP contribution in [-0.4, -0.2) is 30.3 Å². The van der Waals surface area contributed by atoms with Gasteiger partial charge in [-0.05, 0) is 47.0 Å². The van der Waals surface area contributed by atoms with E-state index in [4.69, 9.17) is 4.84 Å².